The number of rotatable bonds is 5. The fraction of sp³-hybridized carbons (Fsp3) is 0.167. The van der Waals surface area contributed by atoms with Crippen LogP contribution in [0.15, 0.2) is 24.3 Å². The van der Waals surface area contributed by atoms with Crippen LogP contribution >= 0.6 is 0 Å². The summed E-state index contributed by atoms with van der Waals surface area (Å²) < 4.78 is 0. The molecule has 12 heteroatoms. The molecule has 120 valence electrons. The Balaban J connectivity index is -0.000000345. The standard InChI is InChI=1S/C8H6O4.C4H6O6.K.Na/c9-7(10)5-3-1-2-4-6(5)8(11)12;5-1(3(7)8)2(6)4(9)10;;/h1-4H,(H,9,10)(H,11,12);1-2,5-6H,(H,7,8)(H,9,10);;/q;;2*+1/p-2. The van der Waals surface area contributed by atoms with Gasteiger partial charge in [0.2, 0.25) is 0 Å². The molecule has 10 nitrogen and oxygen atoms in total. The normalized spacial score (nSPS) is 11.2. The maximum atomic E-state index is 10.4. The van der Waals surface area contributed by atoms with Crippen molar-refractivity contribution in [2.24, 2.45) is 0 Å². The molecule has 0 spiro atoms. The van der Waals surface area contributed by atoms with Crippen molar-refractivity contribution >= 4 is 23.9 Å². The Labute approximate surface area is 199 Å². The quantitative estimate of drug-likeness (QED) is 0.358. The van der Waals surface area contributed by atoms with E-state index < -0.39 is 36.1 Å². The van der Waals surface area contributed by atoms with Gasteiger partial charge in [-0.1, -0.05) is 18.2 Å². The number of carbonyl (C=O) groups excluding carboxylic acids is 2. The van der Waals surface area contributed by atoms with E-state index in [0.717, 1.165) is 0 Å². The zero-order valence-electron chi connectivity index (χ0n) is 12.7. The molecule has 0 saturated heterocycles. The number of carboxylic acids is 4. The van der Waals surface area contributed by atoms with Crippen LogP contribution < -0.4 is 91.2 Å². The van der Waals surface area contributed by atoms with Gasteiger partial charge in [0, 0.05) is 5.56 Å². The zero-order chi connectivity index (χ0) is 17.4. The van der Waals surface area contributed by atoms with Crippen LogP contribution in [0.1, 0.15) is 20.7 Å². The van der Waals surface area contributed by atoms with Gasteiger partial charge in [0.15, 0.2) is 6.10 Å². The molecule has 0 bridgehead atoms. The number of carboxylic acid groups (broad SMARTS) is 4. The van der Waals surface area contributed by atoms with Crippen molar-refractivity contribution in [1.82, 2.24) is 0 Å². The summed E-state index contributed by atoms with van der Waals surface area (Å²) in [5.41, 5.74) is -0.553. The summed E-state index contributed by atoms with van der Waals surface area (Å²) in [7, 11) is 0. The number of hydrogen-bond donors (Lipinski definition) is 4. The number of carbonyl (C=O) groups is 4. The summed E-state index contributed by atoms with van der Waals surface area (Å²) in [6.07, 6.45) is -4.71. The molecule has 0 aromatic heterocycles. The number of aliphatic carboxylic acids is 2. The molecule has 0 fully saturated rings. The molecule has 0 aliphatic carbocycles. The van der Waals surface area contributed by atoms with Crippen molar-refractivity contribution in [3.8, 4) is 0 Å². The van der Waals surface area contributed by atoms with Crippen LogP contribution in [-0.2, 0) is 9.59 Å². The number of benzene rings is 1. The van der Waals surface area contributed by atoms with Gasteiger partial charge >= 0.3 is 92.9 Å². The number of aliphatic hydroxyl groups is 2. The molecule has 2 unspecified atom stereocenters. The van der Waals surface area contributed by atoms with Crippen LogP contribution in [0.3, 0.4) is 0 Å². The van der Waals surface area contributed by atoms with Gasteiger partial charge in [-0.05, 0) is 6.07 Å². The summed E-state index contributed by atoms with van der Waals surface area (Å²) in [6.45, 7) is 0. The zero-order valence-corrected chi connectivity index (χ0v) is 17.8. The van der Waals surface area contributed by atoms with Crippen LogP contribution in [-0.4, -0.2) is 56.5 Å². The second kappa shape index (κ2) is 13.9. The van der Waals surface area contributed by atoms with Gasteiger partial charge in [0.25, 0.3) is 0 Å². The van der Waals surface area contributed by atoms with Crippen LogP contribution in [0.25, 0.3) is 0 Å². The minimum atomic E-state index is -2.38. The van der Waals surface area contributed by atoms with Gasteiger partial charge < -0.3 is 40.2 Å². The largest absolute Gasteiger partial charge is 1.00 e. The van der Waals surface area contributed by atoms with Crippen LogP contribution in [0.4, 0.5) is 0 Å². The van der Waals surface area contributed by atoms with Gasteiger partial charge in [-0.2, -0.15) is 0 Å². The molecular weight excluding hydrogens is 366 g/mol. The molecule has 1 rings (SSSR count). The molecule has 0 amide bonds. The van der Waals surface area contributed by atoms with Crippen LogP contribution in [0.5, 0.6) is 0 Å². The van der Waals surface area contributed by atoms with E-state index in [-0.39, 0.29) is 92.1 Å². The van der Waals surface area contributed by atoms with Crippen molar-refractivity contribution in [3.05, 3.63) is 35.4 Å². The van der Waals surface area contributed by atoms with Crippen molar-refractivity contribution in [1.29, 1.82) is 0 Å². The first kappa shape index (κ1) is 28.5. The maximum Gasteiger partial charge on any atom is 1.00 e. The molecule has 0 radical (unpaired) electrons. The van der Waals surface area contributed by atoms with E-state index in [0.29, 0.717) is 0 Å². The molecule has 1 aromatic carbocycles. The molecule has 0 saturated carbocycles. The Kier molecular flexibility index (Phi) is 16.5. The third-order valence-corrected chi connectivity index (χ3v) is 2.17. The first-order chi connectivity index (χ1) is 10.1. The predicted molar refractivity (Wildman–Crippen MR) is 62.4 cm³/mol. The average Bonchev–Trinajstić information content (AvgIpc) is 2.45. The Morgan fingerprint density at radius 1 is 0.875 bits per heavy atom. The van der Waals surface area contributed by atoms with E-state index >= 15 is 0 Å². The smallest absolute Gasteiger partial charge is 0.547 e. The Hall–Kier alpha value is -0.344. The van der Waals surface area contributed by atoms with Crippen molar-refractivity contribution in [2.45, 2.75) is 12.2 Å². The van der Waals surface area contributed by atoms with Crippen LogP contribution in [0.2, 0.25) is 0 Å². The van der Waals surface area contributed by atoms with Gasteiger partial charge in [-0.3, -0.25) is 0 Å². The number of aliphatic hydroxyl groups excluding tert-OH is 2. The van der Waals surface area contributed by atoms with E-state index in [1.54, 1.807) is 0 Å². The second-order valence-corrected chi connectivity index (χ2v) is 3.69. The summed E-state index contributed by atoms with van der Waals surface area (Å²) >= 11 is 0. The van der Waals surface area contributed by atoms with Crippen molar-refractivity contribution < 1.29 is 131 Å². The van der Waals surface area contributed by atoms with E-state index in [2.05, 4.69) is 0 Å². The van der Waals surface area contributed by atoms with Gasteiger partial charge in [-0.25, -0.2) is 9.59 Å². The summed E-state index contributed by atoms with van der Waals surface area (Å²) in [6, 6.07) is 5.31. The van der Waals surface area contributed by atoms with Gasteiger partial charge in [-0.15, -0.1) is 0 Å². The predicted octanol–water partition coefficient (Wildman–Crippen LogP) is -9.70. The minimum Gasteiger partial charge on any atom is -0.547 e. The molecule has 4 N–H and O–H groups in total. The molecule has 0 heterocycles. The third kappa shape index (κ3) is 9.83. The SMILES string of the molecule is O=C([O-])C(O)C(O)C(=O)O.O=C([O-])c1ccccc1C(=O)O.[K+].[Na+]. The monoisotopic (exact) mass is 376 g/mol. The van der Waals surface area contributed by atoms with Gasteiger partial charge in [0.05, 0.1) is 17.5 Å². The average molecular weight is 376 g/mol. The fourth-order valence-corrected chi connectivity index (χ4v) is 1.11. The Morgan fingerprint density at radius 3 is 1.50 bits per heavy atom. The first-order valence-electron chi connectivity index (χ1n) is 5.43. The Bertz CT molecular complexity index is 540. The van der Waals surface area contributed by atoms with E-state index in [1.807, 2.05) is 0 Å². The van der Waals surface area contributed by atoms with E-state index in [4.69, 9.17) is 20.4 Å². The first-order valence-corrected chi connectivity index (χ1v) is 5.43. The summed E-state index contributed by atoms with van der Waals surface area (Å²) in [4.78, 5) is 40.2. The van der Waals surface area contributed by atoms with Crippen molar-refractivity contribution in [2.75, 3.05) is 0 Å². The third-order valence-electron chi connectivity index (χ3n) is 2.17. The molecule has 0 aliphatic heterocycles. The minimum absolute atomic E-state index is 0. The summed E-state index contributed by atoms with van der Waals surface area (Å²) in [5.74, 6) is -6.57. The van der Waals surface area contributed by atoms with Crippen LogP contribution in [0, 0.1) is 0 Å². The van der Waals surface area contributed by atoms with E-state index in [9.17, 15) is 29.4 Å². The fourth-order valence-electron chi connectivity index (χ4n) is 1.11. The van der Waals surface area contributed by atoms with Gasteiger partial charge in [0.1, 0.15) is 6.10 Å². The maximum absolute atomic E-state index is 10.4. The second-order valence-electron chi connectivity index (χ2n) is 3.69. The topological polar surface area (TPSA) is 195 Å². The molecule has 1 aromatic rings. The van der Waals surface area contributed by atoms with E-state index in [1.165, 1.54) is 24.3 Å². The number of hydrogen-bond acceptors (Lipinski definition) is 8. The number of aromatic carboxylic acids is 2. The Morgan fingerprint density at radius 2 is 1.29 bits per heavy atom. The van der Waals surface area contributed by atoms with Crippen molar-refractivity contribution in [3.63, 3.8) is 0 Å². The summed E-state index contributed by atoms with van der Waals surface area (Å²) in [5, 5.41) is 53.0. The molecule has 2 atom stereocenters. The molecular formula is C12H10KNaO10. The molecule has 0 aliphatic rings. The molecule has 24 heavy (non-hydrogen) atoms.